The molecule has 0 saturated carbocycles. The number of anilines is 4. The average molecular weight is 575 g/mol. The highest BCUT2D eigenvalue weighted by Crippen LogP contribution is 2.45. The van der Waals surface area contributed by atoms with Crippen molar-refractivity contribution in [3.05, 3.63) is 145 Å². The van der Waals surface area contributed by atoms with E-state index in [0.29, 0.717) is 11.8 Å². The van der Waals surface area contributed by atoms with Crippen LogP contribution in [0, 0.1) is 0 Å². The Bertz CT molecular complexity index is 1870. The van der Waals surface area contributed by atoms with Gasteiger partial charge in [-0.2, -0.15) is 0 Å². The second-order valence-corrected chi connectivity index (χ2v) is 12.2. The smallest absolute Gasteiger partial charge is 0.144 e. The van der Waals surface area contributed by atoms with E-state index < -0.39 is 0 Å². The van der Waals surface area contributed by atoms with Gasteiger partial charge in [0.05, 0.1) is 17.1 Å². The predicted octanol–water partition coefficient (Wildman–Crippen LogP) is 10.7. The molecule has 2 heterocycles. The first-order chi connectivity index (χ1) is 21.5. The van der Waals surface area contributed by atoms with Crippen LogP contribution in [0.5, 0.6) is 0 Å². The lowest BCUT2D eigenvalue weighted by Crippen LogP contribution is -2.23. The van der Waals surface area contributed by atoms with Gasteiger partial charge in [-0.15, -0.1) is 0 Å². The maximum atomic E-state index is 4.95. The minimum atomic E-state index is 0.345. The summed E-state index contributed by atoms with van der Waals surface area (Å²) in [6.45, 7) is 9.91. The highest BCUT2D eigenvalue weighted by atomic mass is 15.4. The number of hydrogen-bond donors (Lipinski definition) is 0. The SMILES string of the molecule is CC(C)c1cc(-c2ccccc2)cc(C(C)C)c1-n1ccnc1-c1cccc(N2CN(c3ccccc3)c3ccccc32)c1. The van der Waals surface area contributed by atoms with Crippen LogP contribution in [0.2, 0.25) is 0 Å². The Hall–Kier alpha value is -5.09. The molecule has 0 bridgehead atoms. The second kappa shape index (κ2) is 11.5. The normalized spacial score (nSPS) is 12.8. The van der Waals surface area contributed by atoms with E-state index in [1.165, 1.54) is 45.0 Å². The fourth-order valence-corrected chi connectivity index (χ4v) is 6.41. The van der Waals surface area contributed by atoms with Gasteiger partial charge in [0.15, 0.2) is 0 Å². The largest absolute Gasteiger partial charge is 0.321 e. The van der Waals surface area contributed by atoms with E-state index in [1.807, 2.05) is 6.20 Å². The molecule has 7 rings (SSSR count). The zero-order valence-corrected chi connectivity index (χ0v) is 25.9. The van der Waals surface area contributed by atoms with Gasteiger partial charge in [0, 0.05) is 29.3 Å². The van der Waals surface area contributed by atoms with Gasteiger partial charge in [0.1, 0.15) is 12.5 Å². The van der Waals surface area contributed by atoms with Crippen molar-refractivity contribution in [3.63, 3.8) is 0 Å². The summed E-state index contributed by atoms with van der Waals surface area (Å²) in [5.74, 6) is 1.64. The summed E-state index contributed by atoms with van der Waals surface area (Å²) >= 11 is 0. The van der Waals surface area contributed by atoms with Crippen LogP contribution in [0.3, 0.4) is 0 Å². The number of aromatic nitrogens is 2. The Morgan fingerprint density at radius 3 is 1.73 bits per heavy atom. The van der Waals surface area contributed by atoms with Gasteiger partial charge in [-0.3, -0.25) is 4.57 Å². The molecule has 44 heavy (non-hydrogen) atoms. The molecule has 218 valence electrons. The average Bonchev–Trinajstić information content (AvgIpc) is 3.71. The van der Waals surface area contributed by atoms with Crippen molar-refractivity contribution >= 4 is 22.7 Å². The number of hydrogen-bond acceptors (Lipinski definition) is 3. The van der Waals surface area contributed by atoms with Crippen molar-refractivity contribution in [3.8, 4) is 28.2 Å². The van der Waals surface area contributed by atoms with Gasteiger partial charge in [0.2, 0.25) is 0 Å². The van der Waals surface area contributed by atoms with Crippen LogP contribution in [0.25, 0.3) is 28.2 Å². The summed E-state index contributed by atoms with van der Waals surface area (Å²) < 4.78 is 2.31. The van der Waals surface area contributed by atoms with E-state index in [1.54, 1.807) is 0 Å². The zero-order chi connectivity index (χ0) is 30.2. The number of benzene rings is 5. The van der Waals surface area contributed by atoms with Gasteiger partial charge in [-0.05, 0) is 82.6 Å². The molecule has 1 aromatic heterocycles. The molecule has 0 amide bonds. The lowest BCUT2D eigenvalue weighted by molar-refractivity contribution is 0.807. The van der Waals surface area contributed by atoms with Crippen LogP contribution in [-0.4, -0.2) is 16.2 Å². The zero-order valence-electron chi connectivity index (χ0n) is 25.9. The fraction of sp³-hybridized carbons (Fsp3) is 0.175. The highest BCUT2D eigenvalue weighted by Gasteiger charge is 2.28. The number of fused-ring (bicyclic) bond motifs is 1. The number of imidazole rings is 1. The predicted molar refractivity (Wildman–Crippen MR) is 185 cm³/mol. The number of rotatable bonds is 7. The van der Waals surface area contributed by atoms with Gasteiger partial charge >= 0.3 is 0 Å². The summed E-state index contributed by atoms with van der Waals surface area (Å²) in [5, 5.41) is 0. The molecule has 1 aliphatic heterocycles. The Morgan fingerprint density at radius 2 is 1.09 bits per heavy atom. The number of para-hydroxylation sites is 3. The van der Waals surface area contributed by atoms with E-state index in [2.05, 4.69) is 170 Å². The Kier molecular flexibility index (Phi) is 7.27. The van der Waals surface area contributed by atoms with E-state index in [9.17, 15) is 0 Å². The van der Waals surface area contributed by atoms with Gasteiger partial charge in [-0.25, -0.2) is 4.98 Å². The van der Waals surface area contributed by atoms with Crippen LogP contribution in [0.1, 0.15) is 50.7 Å². The van der Waals surface area contributed by atoms with Gasteiger partial charge < -0.3 is 9.80 Å². The van der Waals surface area contributed by atoms with Crippen molar-refractivity contribution in [1.82, 2.24) is 9.55 Å². The van der Waals surface area contributed by atoms with Crippen molar-refractivity contribution in [2.75, 3.05) is 16.5 Å². The summed E-state index contributed by atoms with van der Waals surface area (Å²) in [6, 6.07) is 43.6. The molecule has 6 aromatic rings. The highest BCUT2D eigenvalue weighted by molar-refractivity contribution is 5.87. The van der Waals surface area contributed by atoms with Crippen molar-refractivity contribution in [2.45, 2.75) is 39.5 Å². The summed E-state index contributed by atoms with van der Waals surface area (Å²) in [7, 11) is 0. The van der Waals surface area contributed by atoms with Crippen molar-refractivity contribution in [1.29, 1.82) is 0 Å². The first-order valence-electron chi connectivity index (χ1n) is 15.6. The van der Waals surface area contributed by atoms with E-state index in [-0.39, 0.29) is 0 Å². The fourth-order valence-electron chi connectivity index (χ4n) is 6.41. The molecule has 0 N–H and O–H groups in total. The van der Waals surface area contributed by atoms with Crippen LogP contribution in [0.15, 0.2) is 134 Å². The molecule has 0 aliphatic carbocycles. The van der Waals surface area contributed by atoms with Crippen molar-refractivity contribution in [2.24, 2.45) is 0 Å². The molecule has 0 radical (unpaired) electrons. The third-order valence-corrected chi connectivity index (χ3v) is 8.63. The van der Waals surface area contributed by atoms with E-state index in [4.69, 9.17) is 4.98 Å². The second-order valence-electron chi connectivity index (χ2n) is 12.2. The number of nitrogens with zero attached hydrogens (tertiary/aromatic N) is 4. The molecular formula is C40H38N4. The van der Waals surface area contributed by atoms with Crippen LogP contribution in [0.4, 0.5) is 22.7 Å². The third kappa shape index (κ3) is 4.97. The Labute approximate surface area is 260 Å². The first kappa shape index (κ1) is 27.7. The van der Waals surface area contributed by atoms with Crippen LogP contribution in [-0.2, 0) is 0 Å². The molecule has 4 nitrogen and oxygen atoms in total. The first-order valence-corrected chi connectivity index (χ1v) is 15.6. The molecule has 5 aromatic carbocycles. The quantitative estimate of drug-likeness (QED) is 0.190. The lowest BCUT2D eigenvalue weighted by Gasteiger charge is -2.24. The van der Waals surface area contributed by atoms with Crippen LogP contribution >= 0.6 is 0 Å². The third-order valence-electron chi connectivity index (χ3n) is 8.63. The molecule has 0 spiro atoms. The van der Waals surface area contributed by atoms with E-state index in [0.717, 1.165) is 23.7 Å². The monoisotopic (exact) mass is 574 g/mol. The summed E-state index contributed by atoms with van der Waals surface area (Å²) in [6.07, 6.45) is 4.06. The minimum Gasteiger partial charge on any atom is -0.321 e. The maximum absolute atomic E-state index is 4.95. The maximum Gasteiger partial charge on any atom is 0.144 e. The van der Waals surface area contributed by atoms with Gasteiger partial charge in [0.25, 0.3) is 0 Å². The Morgan fingerprint density at radius 1 is 0.545 bits per heavy atom. The van der Waals surface area contributed by atoms with E-state index >= 15 is 0 Å². The summed E-state index contributed by atoms with van der Waals surface area (Å²) in [5.41, 5.74) is 12.3. The van der Waals surface area contributed by atoms with Crippen molar-refractivity contribution < 1.29 is 0 Å². The van der Waals surface area contributed by atoms with Crippen LogP contribution < -0.4 is 9.80 Å². The summed E-state index contributed by atoms with van der Waals surface area (Å²) in [4.78, 5) is 9.72. The molecule has 4 heteroatoms. The van der Waals surface area contributed by atoms with Gasteiger partial charge in [-0.1, -0.05) is 100 Å². The minimum absolute atomic E-state index is 0.345. The molecule has 1 aliphatic rings. The molecule has 0 atom stereocenters. The topological polar surface area (TPSA) is 24.3 Å². The molecule has 0 unspecified atom stereocenters. The Balaban J connectivity index is 1.32. The molecule has 0 fully saturated rings. The molecular weight excluding hydrogens is 536 g/mol. The standard InChI is InChI=1S/C40H38N4/c1-28(2)35-25-32(30-14-7-5-8-15-30)26-36(29(3)4)39(35)42-23-22-41-40(42)31-16-13-19-34(24-31)44-27-43(33-17-9-6-10-18-33)37-20-11-12-21-38(37)44/h5-26,28-29H,27H2,1-4H3. The molecule has 0 saturated heterocycles. The lowest BCUT2D eigenvalue weighted by atomic mass is 9.88.